The van der Waals surface area contributed by atoms with Gasteiger partial charge < -0.3 is 4.74 Å². The average Bonchev–Trinajstić information content (AvgIpc) is 2.91. The highest BCUT2D eigenvalue weighted by atomic mass is 16.5. The first-order chi connectivity index (χ1) is 9.79. The fourth-order valence-electron chi connectivity index (χ4n) is 2.75. The highest BCUT2D eigenvalue weighted by molar-refractivity contribution is 6.02. The first-order valence-corrected chi connectivity index (χ1v) is 7.14. The minimum Gasteiger partial charge on any atom is -0.492 e. The minimum absolute atomic E-state index is 0.160. The lowest BCUT2D eigenvalue weighted by molar-refractivity contribution is 0.0947. The molecule has 0 amide bonds. The Morgan fingerprint density at radius 1 is 1.20 bits per heavy atom. The Kier molecular flexibility index (Phi) is 3.55. The van der Waals surface area contributed by atoms with Crippen LogP contribution in [-0.4, -0.2) is 12.4 Å². The predicted molar refractivity (Wildman–Crippen MR) is 79.4 cm³/mol. The van der Waals surface area contributed by atoms with E-state index < -0.39 is 0 Å². The number of ether oxygens (including phenoxy) is 1. The van der Waals surface area contributed by atoms with Crippen LogP contribution in [0.25, 0.3) is 0 Å². The summed E-state index contributed by atoms with van der Waals surface area (Å²) in [5.74, 6) is 0.839. The molecule has 2 aromatic rings. The van der Waals surface area contributed by atoms with Crippen LogP contribution in [0.5, 0.6) is 5.75 Å². The van der Waals surface area contributed by atoms with Crippen molar-refractivity contribution in [2.45, 2.75) is 25.7 Å². The molecule has 0 radical (unpaired) electrons. The summed E-state index contributed by atoms with van der Waals surface area (Å²) in [7, 11) is 0. The van der Waals surface area contributed by atoms with E-state index in [1.54, 1.807) is 0 Å². The number of carbonyl (C=O) groups is 1. The molecule has 0 saturated heterocycles. The van der Waals surface area contributed by atoms with Crippen LogP contribution in [0.1, 0.15) is 40.7 Å². The Morgan fingerprint density at radius 2 is 2.05 bits per heavy atom. The number of para-hydroxylation sites is 1. The molecule has 0 fully saturated rings. The number of carbonyl (C=O) groups excluding carboxylic acids is 1. The van der Waals surface area contributed by atoms with Crippen molar-refractivity contribution >= 4 is 5.78 Å². The lowest BCUT2D eigenvalue weighted by Crippen LogP contribution is -2.14. The Labute approximate surface area is 119 Å². The van der Waals surface area contributed by atoms with Crippen LogP contribution in [0.4, 0.5) is 0 Å². The molecule has 1 atom stereocenters. The number of fused-ring (bicyclic) bond motifs is 1. The summed E-state index contributed by atoms with van der Waals surface area (Å²) in [5.41, 5.74) is 3.03. The van der Waals surface area contributed by atoms with E-state index in [-0.39, 0.29) is 11.7 Å². The molecule has 102 valence electrons. The average molecular weight is 266 g/mol. The highest BCUT2D eigenvalue weighted by Crippen LogP contribution is 2.35. The maximum Gasteiger partial charge on any atom is 0.173 e. The van der Waals surface area contributed by atoms with Gasteiger partial charge in [0.05, 0.1) is 5.92 Å². The third-order valence-electron chi connectivity index (χ3n) is 3.77. The molecule has 1 aliphatic rings. The second-order valence-electron chi connectivity index (χ2n) is 5.22. The van der Waals surface area contributed by atoms with Crippen LogP contribution in [-0.2, 0) is 6.42 Å². The van der Waals surface area contributed by atoms with E-state index in [0.717, 1.165) is 29.7 Å². The van der Waals surface area contributed by atoms with Gasteiger partial charge in [0, 0.05) is 11.1 Å². The molecule has 2 aromatic carbocycles. The van der Waals surface area contributed by atoms with Crippen molar-refractivity contribution < 1.29 is 9.53 Å². The largest absolute Gasteiger partial charge is 0.492 e. The number of aryl methyl sites for hydroxylation is 1. The molecular formula is C18H18O2. The molecule has 1 aliphatic heterocycles. The van der Waals surface area contributed by atoms with Gasteiger partial charge in [-0.1, -0.05) is 49.7 Å². The zero-order valence-electron chi connectivity index (χ0n) is 11.6. The number of Topliss-reactive ketones (excluding diaryl/α,β-unsaturated/α-hetero) is 1. The van der Waals surface area contributed by atoms with Crippen LogP contribution in [0, 0.1) is 0 Å². The lowest BCUT2D eigenvalue weighted by atomic mass is 9.91. The van der Waals surface area contributed by atoms with Gasteiger partial charge in [-0.25, -0.2) is 0 Å². The van der Waals surface area contributed by atoms with Crippen LogP contribution < -0.4 is 4.74 Å². The summed E-state index contributed by atoms with van der Waals surface area (Å²) in [5, 5.41) is 0. The number of hydrogen-bond donors (Lipinski definition) is 0. The summed E-state index contributed by atoms with van der Waals surface area (Å²) < 4.78 is 5.61. The smallest absolute Gasteiger partial charge is 0.173 e. The van der Waals surface area contributed by atoms with Crippen LogP contribution in [0.3, 0.4) is 0 Å². The third-order valence-corrected chi connectivity index (χ3v) is 3.77. The van der Waals surface area contributed by atoms with E-state index in [9.17, 15) is 4.79 Å². The van der Waals surface area contributed by atoms with Gasteiger partial charge in [0.1, 0.15) is 12.4 Å². The van der Waals surface area contributed by atoms with Crippen molar-refractivity contribution in [3.63, 3.8) is 0 Å². The number of rotatable bonds is 4. The number of benzene rings is 2. The molecule has 20 heavy (non-hydrogen) atoms. The standard InChI is InChI=1S/C18H18O2/c1-2-6-13-7-5-8-14(11-13)18(19)16-12-20-17-10-4-3-9-15(16)17/h3-5,7-11,16H,2,6,12H2,1H3. The monoisotopic (exact) mass is 266 g/mol. The van der Waals surface area contributed by atoms with Gasteiger partial charge in [0.2, 0.25) is 0 Å². The summed E-state index contributed by atoms with van der Waals surface area (Å²) in [6.45, 7) is 2.60. The Bertz CT molecular complexity index is 631. The van der Waals surface area contributed by atoms with Gasteiger partial charge in [0.15, 0.2) is 5.78 Å². The van der Waals surface area contributed by atoms with Crippen molar-refractivity contribution in [3.05, 3.63) is 65.2 Å². The van der Waals surface area contributed by atoms with Gasteiger partial charge in [-0.2, -0.15) is 0 Å². The Morgan fingerprint density at radius 3 is 2.90 bits per heavy atom. The van der Waals surface area contributed by atoms with Crippen LogP contribution in [0.15, 0.2) is 48.5 Å². The van der Waals surface area contributed by atoms with E-state index in [1.165, 1.54) is 5.56 Å². The normalized spacial score (nSPS) is 16.6. The van der Waals surface area contributed by atoms with Gasteiger partial charge in [-0.15, -0.1) is 0 Å². The van der Waals surface area contributed by atoms with Gasteiger partial charge >= 0.3 is 0 Å². The van der Waals surface area contributed by atoms with Crippen LogP contribution in [0.2, 0.25) is 0 Å². The summed E-state index contributed by atoms with van der Waals surface area (Å²) in [6.07, 6.45) is 2.10. The summed E-state index contributed by atoms with van der Waals surface area (Å²) >= 11 is 0. The van der Waals surface area contributed by atoms with Crippen molar-refractivity contribution in [3.8, 4) is 5.75 Å². The number of hydrogen-bond acceptors (Lipinski definition) is 2. The first kappa shape index (κ1) is 12.9. The fourth-order valence-corrected chi connectivity index (χ4v) is 2.75. The molecule has 0 N–H and O–H groups in total. The molecule has 0 aliphatic carbocycles. The minimum atomic E-state index is -0.164. The molecule has 3 rings (SSSR count). The van der Waals surface area contributed by atoms with Crippen molar-refractivity contribution in [2.24, 2.45) is 0 Å². The van der Waals surface area contributed by atoms with Gasteiger partial charge in [-0.05, 0) is 24.1 Å². The second kappa shape index (κ2) is 5.49. The highest BCUT2D eigenvalue weighted by Gasteiger charge is 2.30. The summed E-state index contributed by atoms with van der Waals surface area (Å²) in [6, 6.07) is 15.8. The maximum absolute atomic E-state index is 12.7. The molecule has 0 spiro atoms. The maximum atomic E-state index is 12.7. The second-order valence-corrected chi connectivity index (χ2v) is 5.22. The molecule has 2 heteroatoms. The quantitative estimate of drug-likeness (QED) is 0.782. The molecule has 0 saturated carbocycles. The molecule has 0 aromatic heterocycles. The first-order valence-electron chi connectivity index (χ1n) is 7.14. The van der Waals surface area contributed by atoms with Crippen molar-refractivity contribution in [1.29, 1.82) is 0 Å². The SMILES string of the molecule is CCCc1cccc(C(=O)C2COc3ccccc32)c1. The fraction of sp³-hybridized carbons (Fsp3) is 0.278. The van der Waals surface area contributed by atoms with Crippen molar-refractivity contribution in [1.82, 2.24) is 0 Å². The topological polar surface area (TPSA) is 26.3 Å². The Balaban J connectivity index is 1.89. The molecular weight excluding hydrogens is 248 g/mol. The van der Waals surface area contributed by atoms with Gasteiger partial charge in [0.25, 0.3) is 0 Å². The molecule has 1 unspecified atom stereocenters. The van der Waals surface area contributed by atoms with E-state index >= 15 is 0 Å². The zero-order valence-corrected chi connectivity index (χ0v) is 11.6. The zero-order chi connectivity index (χ0) is 13.9. The van der Waals surface area contributed by atoms with E-state index in [2.05, 4.69) is 13.0 Å². The number of ketones is 1. The lowest BCUT2D eigenvalue weighted by Gasteiger charge is -2.09. The van der Waals surface area contributed by atoms with E-state index in [4.69, 9.17) is 4.74 Å². The van der Waals surface area contributed by atoms with Gasteiger partial charge in [-0.3, -0.25) is 4.79 Å². The molecule has 2 nitrogen and oxygen atoms in total. The van der Waals surface area contributed by atoms with E-state index in [1.807, 2.05) is 42.5 Å². The summed E-state index contributed by atoms with van der Waals surface area (Å²) in [4.78, 5) is 12.7. The van der Waals surface area contributed by atoms with Crippen LogP contribution >= 0.6 is 0 Å². The predicted octanol–water partition coefficient (Wildman–Crippen LogP) is 4.00. The Hall–Kier alpha value is -2.09. The molecule has 0 bridgehead atoms. The third kappa shape index (κ3) is 2.34. The van der Waals surface area contributed by atoms with Crippen molar-refractivity contribution in [2.75, 3.05) is 6.61 Å². The molecule has 1 heterocycles. The van der Waals surface area contributed by atoms with E-state index in [0.29, 0.717) is 6.61 Å².